The Morgan fingerprint density at radius 1 is 1.50 bits per heavy atom. The molecule has 6 heteroatoms. The van der Waals surface area contributed by atoms with Crippen molar-refractivity contribution < 1.29 is 13.9 Å². The molecule has 0 spiro atoms. The predicted molar refractivity (Wildman–Crippen MR) is 60.5 cm³/mol. The van der Waals surface area contributed by atoms with Crippen LogP contribution in [0.15, 0.2) is 18.2 Å². The second kappa shape index (κ2) is 5.37. The number of benzene rings is 1. The predicted octanol–water partition coefficient (Wildman–Crippen LogP) is 3.07. The van der Waals surface area contributed by atoms with Crippen LogP contribution in [0.1, 0.15) is 18.0 Å². The fourth-order valence-electron chi connectivity index (χ4n) is 1.59. The molecule has 88 valence electrons. The molecule has 1 aliphatic heterocycles. The van der Waals surface area contributed by atoms with Crippen molar-refractivity contribution in [1.29, 1.82) is 0 Å². The van der Waals surface area contributed by atoms with Gasteiger partial charge in [0.15, 0.2) is 0 Å². The fraction of sp³-hybridized carbons (Fsp3) is 0.300. The average Bonchev–Trinajstić information content (AvgIpc) is 2.17. The van der Waals surface area contributed by atoms with Gasteiger partial charge in [-0.1, -0.05) is 17.7 Å². The number of alkyl carbamates (subject to hydrolysis) is 1. The van der Waals surface area contributed by atoms with Crippen molar-refractivity contribution in [2.75, 3.05) is 6.61 Å². The summed E-state index contributed by atoms with van der Waals surface area (Å²) in [5.74, 6) is -0.408. The maximum Gasteiger partial charge on any atom is 0.407 e. The molecule has 0 aliphatic carbocycles. The van der Waals surface area contributed by atoms with E-state index in [-0.39, 0.29) is 19.0 Å². The van der Waals surface area contributed by atoms with Crippen molar-refractivity contribution in [1.82, 2.24) is 5.32 Å². The van der Waals surface area contributed by atoms with E-state index in [1.54, 1.807) is 6.07 Å². The zero-order valence-electron chi connectivity index (χ0n) is 8.20. The normalized spacial score (nSPS) is 19.4. The summed E-state index contributed by atoms with van der Waals surface area (Å²) in [6.07, 6.45) is -0.0163. The molecule has 3 nitrogen and oxygen atoms in total. The van der Waals surface area contributed by atoms with Crippen LogP contribution in [0, 0.1) is 5.82 Å². The van der Waals surface area contributed by atoms with Crippen molar-refractivity contribution in [2.24, 2.45) is 0 Å². The SMILES string of the molecule is Cl.O=C1N[C@@H](c2c(F)cccc2Cl)CCO1. The molecule has 0 saturated carbocycles. The summed E-state index contributed by atoms with van der Waals surface area (Å²) in [5, 5.41) is 2.85. The zero-order chi connectivity index (χ0) is 10.8. The van der Waals surface area contributed by atoms with Crippen molar-refractivity contribution in [3.8, 4) is 0 Å². The van der Waals surface area contributed by atoms with Gasteiger partial charge in [-0.2, -0.15) is 0 Å². The van der Waals surface area contributed by atoms with Crippen LogP contribution in [0.5, 0.6) is 0 Å². The molecule has 1 saturated heterocycles. The van der Waals surface area contributed by atoms with Crippen LogP contribution in [-0.4, -0.2) is 12.7 Å². The minimum Gasteiger partial charge on any atom is -0.449 e. The highest BCUT2D eigenvalue weighted by Crippen LogP contribution is 2.29. The fourth-order valence-corrected chi connectivity index (χ4v) is 1.88. The quantitative estimate of drug-likeness (QED) is 0.848. The largest absolute Gasteiger partial charge is 0.449 e. The van der Waals surface area contributed by atoms with E-state index in [0.29, 0.717) is 17.0 Å². The van der Waals surface area contributed by atoms with Gasteiger partial charge in [0.25, 0.3) is 0 Å². The van der Waals surface area contributed by atoms with E-state index < -0.39 is 18.0 Å². The van der Waals surface area contributed by atoms with Gasteiger partial charge in [0.2, 0.25) is 0 Å². The average molecular weight is 266 g/mol. The highest BCUT2D eigenvalue weighted by atomic mass is 35.5. The number of nitrogens with one attached hydrogen (secondary N) is 1. The lowest BCUT2D eigenvalue weighted by Gasteiger charge is -2.24. The van der Waals surface area contributed by atoms with Gasteiger partial charge < -0.3 is 10.1 Å². The molecule has 2 rings (SSSR count). The first-order chi connectivity index (χ1) is 7.18. The molecule has 1 fully saturated rings. The third-order valence-electron chi connectivity index (χ3n) is 2.28. The summed E-state index contributed by atoms with van der Waals surface area (Å²) >= 11 is 5.88. The summed E-state index contributed by atoms with van der Waals surface area (Å²) in [4.78, 5) is 11.0. The Morgan fingerprint density at radius 3 is 2.88 bits per heavy atom. The first-order valence-electron chi connectivity index (χ1n) is 4.55. The number of amides is 1. The van der Waals surface area contributed by atoms with Crippen LogP contribution < -0.4 is 5.32 Å². The number of halogens is 3. The molecule has 0 bridgehead atoms. The Morgan fingerprint density at radius 2 is 2.25 bits per heavy atom. The van der Waals surface area contributed by atoms with E-state index in [9.17, 15) is 9.18 Å². The Bertz CT molecular complexity index is 380. The van der Waals surface area contributed by atoms with Gasteiger partial charge in [-0.05, 0) is 12.1 Å². The monoisotopic (exact) mass is 265 g/mol. The summed E-state index contributed by atoms with van der Waals surface area (Å²) in [7, 11) is 0. The summed E-state index contributed by atoms with van der Waals surface area (Å²) in [6.45, 7) is 0.279. The number of ether oxygens (including phenoxy) is 1. The van der Waals surface area contributed by atoms with Crippen LogP contribution in [0.4, 0.5) is 9.18 Å². The number of hydrogen-bond donors (Lipinski definition) is 1. The lowest BCUT2D eigenvalue weighted by atomic mass is 10.0. The summed E-state index contributed by atoms with van der Waals surface area (Å²) < 4.78 is 18.2. The minimum absolute atomic E-state index is 0. The number of rotatable bonds is 1. The number of hydrogen-bond acceptors (Lipinski definition) is 2. The summed E-state index contributed by atoms with van der Waals surface area (Å²) in [5.41, 5.74) is 0.329. The van der Waals surface area contributed by atoms with Crippen LogP contribution in [-0.2, 0) is 4.74 Å². The van der Waals surface area contributed by atoms with Gasteiger partial charge in [-0.3, -0.25) is 0 Å². The number of carbonyl (C=O) groups is 1. The first-order valence-corrected chi connectivity index (χ1v) is 4.93. The lowest BCUT2D eigenvalue weighted by molar-refractivity contribution is 0.115. The molecule has 1 aromatic carbocycles. The molecule has 1 N–H and O–H groups in total. The van der Waals surface area contributed by atoms with E-state index in [2.05, 4.69) is 5.32 Å². The van der Waals surface area contributed by atoms with Crippen molar-refractivity contribution in [2.45, 2.75) is 12.5 Å². The van der Waals surface area contributed by atoms with Gasteiger partial charge in [-0.15, -0.1) is 12.4 Å². The smallest absolute Gasteiger partial charge is 0.407 e. The van der Waals surface area contributed by atoms with Crippen LogP contribution >= 0.6 is 24.0 Å². The molecule has 1 heterocycles. The molecule has 0 aromatic heterocycles. The summed E-state index contributed by atoms with van der Waals surface area (Å²) in [6, 6.07) is 4.05. The maximum atomic E-state index is 13.5. The van der Waals surface area contributed by atoms with Crippen LogP contribution in [0.3, 0.4) is 0 Å². The van der Waals surface area contributed by atoms with Gasteiger partial charge in [0.1, 0.15) is 5.82 Å². The molecular weight excluding hydrogens is 256 g/mol. The third kappa shape index (κ3) is 2.57. The topological polar surface area (TPSA) is 38.3 Å². The number of carbonyl (C=O) groups excluding carboxylic acids is 1. The Kier molecular flexibility index (Phi) is 4.38. The van der Waals surface area contributed by atoms with E-state index in [4.69, 9.17) is 16.3 Å². The van der Waals surface area contributed by atoms with Gasteiger partial charge in [-0.25, -0.2) is 9.18 Å². The van der Waals surface area contributed by atoms with E-state index in [1.165, 1.54) is 12.1 Å². The van der Waals surface area contributed by atoms with Gasteiger partial charge >= 0.3 is 6.09 Å². The standard InChI is InChI=1S/C10H9ClFNO2.ClH/c11-6-2-1-3-7(12)9(6)8-4-5-15-10(14)13-8;/h1-3,8H,4-5H2,(H,13,14);1H/t8-;/m1./s1. The molecule has 1 atom stereocenters. The lowest BCUT2D eigenvalue weighted by Crippen LogP contribution is -2.35. The van der Waals surface area contributed by atoms with Crippen molar-refractivity contribution >= 4 is 30.1 Å². The van der Waals surface area contributed by atoms with Crippen molar-refractivity contribution in [3.63, 3.8) is 0 Å². The third-order valence-corrected chi connectivity index (χ3v) is 2.61. The van der Waals surface area contributed by atoms with Crippen LogP contribution in [0.2, 0.25) is 5.02 Å². The number of cyclic esters (lactones) is 1. The van der Waals surface area contributed by atoms with Crippen LogP contribution in [0.25, 0.3) is 0 Å². The Balaban J connectivity index is 0.00000128. The maximum absolute atomic E-state index is 13.5. The van der Waals surface area contributed by atoms with Crippen molar-refractivity contribution in [3.05, 3.63) is 34.6 Å². The zero-order valence-corrected chi connectivity index (χ0v) is 9.78. The molecular formula is C10H10Cl2FNO2. The molecule has 1 aliphatic rings. The molecule has 0 radical (unpaired) electrons. The molecule has 0 unspecified atom stereocenters. The minimum atomic E-state index is -0.537. The first kappa shape index (κ1) is 13.1. The van der Waals surface area contributed by atoms with Gasteiger partial charge in [0.05, 0.1) is 12.6 Å². The van der Waals surface area contributed by atoms with E-state index >= 15 is 0 Å². The second-order valence-corrected chi connectivity index (χ2v) is 3.66. The highest BCUT2D eigenvalue weighted by molar-refractivity contribution is 6.31. The molecule has 16 heavy (non-hydrogen) atoms. The second-order valence-electron chi connectivity index (χ2n) is 3.26. The molecule has 1 aromatic rings. The van der Waals surface area contributed by atoms with Gasteiger partial charge in [0, 0.05) is 17.0 Å². The molecule has 1 amide bonds. The van der Waals surface area contributed by atoms with E-state index in [0.717, 1.165) is 0 Å². The Labute approximate surface area is 103 Å². The Hall–Kier alpha value is -1.00. The van der Waals surface area contributed by atoms with E-state index in [1.807, 2.05) is 0 Å². The highest BCUT2D eigenvalue weighted by Gasteiger charge is 2.25.